The Kier molecular flexibility index (Phi) is 5.30. The molecule has 0 aliphatic heterocycles. The summed E-state index contributed by atoms with van der Waals surface area (Å²) < 4.78 is 5.07. The lowest BCUT2D eigenvalue weighted by molar-refractivity contribution is 0.0942. The Labute approximate surface area is 134 Å². The number of amides is 2. The highest BCUT2D eigenvalue weighted by Gasteiger charge is 2.12. The van der Waals surface area contributed by atoms with Crippen LogP contribution in [0.15, 0.2) is 42.7 Å². The Morgan fingerprint density at radius 2 is 1.65 bits per heavy atom. The fourth-order valence-electron chi connectivity index (χ4n) is 1.91. The van der Waals surface area contributed by atoms with Crippen LogP contribution in [0, 0.1) is 0 Å². The number of carbonyl (C=O) groups is 2. The lowest BCUT2D eigenvalue weighted by Crippen LogP contribution is -2.30. The molecule has 0 spiro atoms. The van der Waals surface area contributed by atoms with E-state index in [1.807, 2.05) is 13.8 Å². The van der Waals surface area contributed by atoms with Crippen molar-refractivity contribution in [2.75, 3.05) is 12.4 Å². The van der Waals surface area contributed by atoms with Gasteiger partial charge in [0.1, 0.15) is 5.75 Å². The third-order valence-electron chi connectivity index (χ3n) is 3.03. The smallest absolute Gasteiger partial charge is 0.257 e. The van der Waals surface area contributed by atoms with E-state index >= 15 is 0 Å². The molecule has 0 bridgehead atoms. The van der Waals surface area contributed by atoms with E-state index in [2.05, 4.69) is 15.6 Å². The predicted octanol–water partition coefficient (Wildman–Crippen LogP) is 2.48. The molecule has 2 amide bonds. The van der Waals surface area contributed by atoms with Crippen molar-refractivity contribution in [2.45, 2.75) is 19.9 Å². The molecule has 0 aliphatic carbocycles. The maximum Gasteiger partial charge on any atom is 0.257 e. The van der Waals surface area contributed by atoms with Gasteiger partial charge in [0, 0.05) is 24.1 Å². The van der Waals surface area contributed by atoms with E-state index in [1.54, 1.807) is 31.4 Å². The van der Waals surface area contributed by atoms with Crippen LogP contribution in [0.4, 0.5) is 5.69 Å². The van der Waals surface area contributed by atoms with Crippen LogP contribution < -0.4 is 15.4 Å². The molecule has 23 heavy (non-hydrogen) atoms. The van der Waals surface area contributed by atoms with Crippen LogP contribution in [0.2, 0.25) is 0 Å². The molecule has 2 rings (SSSR count). The number of nitrogens with zero attached hydrogens (tertiary/aromatic N) is 1. The summed E-state index contributed by atoms with van der Waals surface area (Å²) in [4.78, 5) is 28.2. The van der Waals surface area contributed by atoms with Crippen molar-refractivity contribution < 1.29 is 14.3 Å². The molecule has 0 atom stereocenters. The van der Waals surface area contributed by atoms with Crippen LogP contribution in [0.3, 0.4) is 0 Å². The van der Waals surface area contributed by atoms with Gasteiger partial charge in [-0.3, -0.25) is 14.6 Å². The van der Waals surface area contributed by atoms with Gasteiger partial charge in [0.25, 0.3) is 11.8 Å². The number of pyridine rings is 1. The molecule has 0 saturated carbocycles. The second kappa shape index (κ2) is 7.40. The summed E-state index contributed by atoms with van der Waals surface area (Å²) >= 11 is 0. The van der Waals surface area contributed by atoms with Crippen LogP contribution in [0.25, 0.3) is 0 Å². The third kappa shape index (κ3) is 4.54. The molecular formula is C17H19N3O3. The molecule has 2 aromatic rings. The van der Waals surface area contributed by atoms with E-state index in [9.17, 15) is 9.59 Å². The average Bonchev–Trinajstić information content (AvgIpc) is 2.55. The SMILES string of the molecule is COc1ccc(NC(=O)c2cncc(C(=O)NC(C)C)c2)cc1. The maximum atomic E-state index is 12.3. The van der Waals surface area contributed by atoms with E-state index in [4.69, 9.17) is 4.74 Å². The number of benzene rings is 1. The number of ether oxygens (including phenoxy) is 1. The first-order chi connectivity index (χ1) is 11.0. The largest absolute Gasteiger partial charge is 0.497 e. The zero-order valence-corrected chi connectivity index (χ0v) is 13.3. The van der Waals surface area contributed by atoms with Crippen LogP contribution >= 0.6 is 0 Å². The maximum absolute atomic E-state index is 12.3. The Bertz CT molecular complexity index is 696. The Morgan fingerprint density at radius 1 is 1.04 bits per heavy atom. The highest BCUT2D eigenvalue weighted by atomic mass is 16.5. The Morgan fingerprint density at radius 3 is 2.22 bits per heavy atom. The molecule has 0 aliphatic rings. The van der Waals surface area contributed by atoms with Gasteiger partial charge in [0.05, 0.1) is 18.2 Å². The zero-order chi connectivity index (χ0) is 16.8. The quantitative estimate of drug-likeness (QED) is 0.888. The van der Waals surface area contributed by atoms with E-state index < -0.39 is 0 Å². The molecular weight excluding hydrogens is 294 g/mol. The molecule has 0 radical (unpaired) electrons. The Hall–Kier alpha value is -2.89. The molecule has 1 heterocycles. The second-order valence-electron chi connectivity index (χ2n) is 5.27. The summed E-state index contributed by atoms with van der Waals surface area (Å²) in [5.74, 6) is 0.116. The fourth-order valence-corrected chi connectivity index (χ4v) is 1.91. The summed E-state index contributed by atoms with van der Waals surface area (Å²) in [6.45, 7) is 3.73. The first kappa shape index (κ1) is 16.5. The van der Waals surface area contributed by atoms with Crippen molar-refractivity contribution in [1.29, 1.82) is 0 Å². The van der Waals surface area contributed by atoms with Crippen molar-refractivity contribution in [3.63, 3.8) is 0 Å². The minimum atomic E-state index is -0.332. The van der Waals surface area contributed by atoms with Gasteiger partial charge in [-0.2, -0.15) is 0 Å². The van der Waals surface area contributed by atoms with Gasteiger partial charge in [0.2, 0.25) is 0 Å². The lowest BCUT2D eigenvalue weighted by atomic mass is 10.1. The summed E-state index contributed by atoms with van der Waals surface area (Å²) in [7, 11) is 1.58. The zero-order valence-electron chi connectivity index (χ0n) is 13.3. The van der Waals surface area contributed by atoms with Gasteiger partial charge in [-0.25, -0.2) is 0 Å². The summed E-state index contributed by atoms with van der Waals surface area (Å²) in [6.07, 6.45) is 2.85. The molecule has 1 aromatic carbocycles. The average molecular weight is 313 g/mol. The second-order valence-corrected chi connectivity index (χ2v) is 5.27. The molecule has 120 valence electrons. The number of hydrogen-bond acceptors (Lipinski definition) is 4. The van der Waals surface area contributed by atoms with Crippen molar-refractivity contribution in [3.8, 4) is 5.75 Å². The van der Waals surface area contributed by atoms with E-state index in [1.165, 1.54) is 18.5 Å². The summed E-state index contributed by atoms with van der Waals surface area (Å²) in [6, 6.07) is 8.50. The number of aromatic nitrogens is 1. The number of rotatable bonds is 5. The van der Waals surface area contributed by atoms with Gasteiger partial charge < -0.3 is 15.4 Å². The molecule has 0 unspecified atom stereocenters. The molecule has 2 N–H and O–H groups in total. The Balaban J connectivity index is 2.11. The molecule has 0 saturated heterocycles. The van der Waals surface area contributed by atoms with Gasteiger partial charge in [-0.05, 0) is 44.2 Å². The molecule has 6 nitrogen and oxygen atoms in total. The predicted molar refractivity (Wildman–Crippen MR) is 87.8 cm³/mol. The third-order valence-corrected chi connectivity index (χ3v) is 3.03. The van der Waals surface area contributed by atoms with E-state index in [0.717, 1.165) is 0 Å². The lowest BCUT2D eigenvalue weighted by Gasteiger charge is -2.09. The number of anilines is 1. The first-order valence-electron chi connectivity index (χ1n) is 7.21. The number of carbonyl (C=O) groups excluding carboxylic acids is 2. The van der Waals surface area contributed by atoms with Gasteiger partial charge in [-0.15, -0.1) is 0 Å². The normalized spacial score (nSPS) is 10.3. The molecule has 0 fully saturated rings. The van der Waals surface area contributed by atoms with Crippen molar-refractivity contribution in [3.05, 3.63) is 53.9 Å². The van der Waals surface area contributed by atoms with Crippen molar-refractivity contribution in [1.82, 2.24) is 10.3 Å². The monoisotopic (exact) mass is 313 g/mol. The number of hydrogen-bond donors (Lipinski definition) is 2. The highest BCUT2D eigenvalue weighted by molar-refractivity contribution is 6.05. The van der Waals surface area contributed by atoms with Crippen LogP contribution in [-0.4, -0.2) is 29.9 Å². The standard InChI is InChI=1S/C17H19N3O3/c1-11(2)19-16(21)12-8-13(10-18-9-12)17(22)20-14-4-6-15(23-3)7-5-14/h4-11H,1-3H3,(H,19,21)(H,20,22). The van der Waals surface area contributed by atoms with E-state index in [0.29, 0.717) is 22.6 Å². The first-order valence-corrected chi connectivity index (χ1v) is 7.21. The summed E-state index contributed by atoms with van der Waals surface area (Å²) in [5.41, 5.74) is 1.30. The van der Waals surface area contributed by atoms with Gasteiger partial charge in [0.15, 0.2) is 0 Å². The van der Waals surface area contributed by atoms with Crippen LogP contribution in [0.5, 0.6) is 5.75 Å². The van der Waals surface area contributed by atoms with Gasteiger partial charge >= 0.3 is 0 Å². The van der Waals surface area contributed by atoms with E-state index in [-0.39, 0.29) is 17.9 Å². The fraction of sp³-hybridized carbons (Fsp3) is 0.235. The van der Waals surface area contributed by atoms with Crippen molar-refractivity contribution >= 4 is 17.5 Å². The minimum Gasteiger partial charge on any atom is -0.497 e. The highest BCUT2D eigenvalue weighted by Crippen LogP contribution is 2.16. The molecule has 1 aromatic heterocycles. The number of nitrogens with one attached hydrogen (secondary N) is 2. The van der Waals surface area contributed by atoms with Crippen LogP contribution in [-0.2, 0) is 0 Å². The summed E-state index contributed by atoms with van der Waals surface area (Å²) in [5, 5.41) is 5.51. The minimum absolute atomic E-state index is 0.0132. The topological polar surface area (TPSA) is 80.3 Å². The number of methoxy groups -OCH3 is 1. The van der Waals surface area contributed by atoms with Gasteiger partial charge in [-0.1, -0.05) is 0 Å². The van der Waals surface area contributed by atoms with Crippen molar-refractivity contribution in [2.24, 2.45) is 0 Å². The molecule has 6 heteroatoms. The van der Waals surface area contributed by atoms with Crippen LogP contribution in [0.1, 0.15) is 34.6 Å².